The highest BCUT2D eigenvalue weighted by Gasteiger charge is 2.24. The number of likely N-dealkylation sites (tertiary alicyclic amines) is 1. The summed E-state index contributed by atoms with van der Waals surface area (Å²) in [6, 6.07) is 1.64. The highest BCUT2D eigenvalue weighted by atomic mass is 16.6. The van der Waals surface area contributed by atoms with Gasteiger partial charge in [0, 0.05) is 25.2 Å². The van der Waals surface area contributed by atoms with Crippen LogP contribution >= 0.6 is 0 Å². The van der Waals surface area contributed by atoms with Gasteiger partial charge in [-0.1, -0.05) is 6.42 Å². The number of hydrogen-bond acceptors (Lipinski definition) is 5. The molecule has 1 aromatic rings. The summed E-state index contributed by atoms with van der Waals surface area (Å²) in [5.74, 6) is -0.215. The molecule has 1 N–H and O–H groups in total. The zero-order valence-corrected chi connectivity index (χ0v) is 15.9. The number of nitrogens with zero attached hydrogens (tertiary/aromatic N) is 3. The smallest absolute Gasteiger partial charge is 0.409 e. The zero-order valence-electron chi connectivity index (χ0n) is 15.9. The van der Waals surface area contributed by atoms with Crippen LogP contribution in [0.15, 0.2) is 10.9 Å². The normalized spacial score (nSPS) is 17.7. The van der Waals surface area contributed by atoms with Gasteiger partial charge in [0.2, 0.25) is 5.91 Å². The van der Waals surface area contributed by atoms with E-state index in [2.05, 4.69) is 10.4 Å². The topological polar surface area (TPSA) is 93.5 Å². The maximum atomic E-state index is 12.4. The first kappa shape index (κ1) is 19.4. The Bertz CT molecular complexity index is 738. The first-order valence-corrected chi connectivity index (χ1v) is 9.87. The van der Waals surface area contributed by atoms with Crippen molar-refractivity contribution < 1.29 is 14.3 Å². The standard InChI is InChI=1S/C19H28N4O4/c1-2-27-19(26)22-10-8-15(9-11-22)20-17(24)13-23-18(25)12-14-6-4-3-5-7-16(14)21-23/h12,15H,2-11,13H2,1H3,(H,20,24). The molecule has 27 heavy (non-hydrogen) atoms. The van der Waals surface area contributed by atoms with E-state index in [4.69, 9.17) is 4.74 Å². The van der Waals surface area contributed by atoms with Gasteiger partial charge in [0.15, 0.2) is 0 Å². The Morgan fingerprint density at radius 3 is 2.70 bits per heavy atom. The van der Waals surface area contributed by atoms with Gasteiger partial charge in [0.25, 0.3) is 5.56 Å². The number of aryl methyl sites for hydroxylation is 2. The molecular weight excluding hydrogens is 348 g/mol. The Balaban J connectivity index is 1.54. The van der Waals surface area contributed by atoms with Crippen molar-refractivity contribution in [3.05, 3.63) is 27.7 Å². The van der Waals surface area contributed by atoms with E-state index in [1.165, 1.54) is 4.68 Å². The first-order valence-electron chi connectivity index (χ1n) is 9.87. The van der Waals surface area contributed by atoms with Crippen LogP contribution in [0.4, 0.5) is 4.79 Å². The second-order valence-corrected chi connectivity index (χ2v) is 7.20. The van der Waals surface area contributed by atoms with Crippen molar-refractivity contribution in [3.63, 3.8) is 0 Å². The Hall–Kier alpha value is -2.38. The van der Waals surface area contributed by atoms with Gasteiger partial charge in [-0.2, -0.15) is 5.10 Å². The second kappa shape index (κ2) is 9.01. The van der Waals surface area contributed by atoms with E-state index in [-0.39, 0.29) is 30.1 Å². The number of carbonyl (C=O) groups excluding carboxylic acids is 2. The van der Waals surface area contributed by atoms with Crippen molar-refractivity contribution in [2.24, 2.45) is 0 Å². The van der Waals surface area contributed by atoms with Gasteiger partial charge in [-0.05, 0) is 51.0 Å². The monoisotopic (exact) mass is 376 g/mol. The molecule has 3 rings (SSSR count). The molecule has 0 spiro atoms. The fourth-order valence-corrected chi connectivity index (χ4v) is 3.72. The third-order valence-corrected chi connectivity index (χ3v) is 5.20. The molecule has 8 heteroatoms. The van der Waals surface area contributed by atoms with Gasteiger partial charge >= 0.3 is 6.09 Å². The minimum atomic E-state index is -0.303. The van der Waals surface area contributed by atoms with E-state index in [0.29, 0.717) is 32.5 Å². The van der Waals surface area contributed by atoms with Gasteiger partial charge < -0.3 is 15.0 Å². The maximum absolute atomic E-state index is 12.4. The van der Waals surface area contributed by atoms with Crippen molar-refractivity contribution in [2.75, 3.05) is 19.7 Å². The number of piperidine rings is 1. The molecule has 0 aromatic carbocycles. The van der Waals surface area contributed by atoms with E-state index in [1.807, 2.05) is 0 Å². The molecule has 1 fully saturated rings. The largest absolute Gasteiger partial charge is 0.450 e. The summed E-state index contributed by atoms with van der Waals surface area (Å²) in [6.45, 7) is 3.19. The molecule has 1 aliphatic carbocycles. The van der Waals surface area contributed by atoms with Crippen molar-refractivity contribution in [1.29, 1.82) is 0 Å². The maximum Gasteiger partial charge on any atom is 0.409 e. The van der Waals surface area contributed by atoms with Crippen LogP contribution in [-0.4, -0.2) is 52.4 Å². The average Bonchev–Trinajstić information content (AvgIpc) is 2.87. The van der Waals surface area contributed by atoms with Crippen LogP contribution in [0.3, 0.4) is 0 Å². The van der Waals surface area contributed by atoms with Crippen LogP contribution in [0.1, 0.15) is 50.3 Å². The molecule has 1 aromatic heterocycles. The molecule has 0 radical (unpaired) electrons. The summed E-state index contributed by atoms with van der Waals surface area (Å²) < 4.78 is 6.27. The van der Waals surface area contributed by atoms with Crippen molar-refractivity contribution in [2.45, 2.75) is 64.5 Å². The number of rotatable bonds is 4. The van der Waals surface area contributed by atoms with E-state index in [9.17, 15) is 14.4 Å². The second-order valence-electron chi connectivity index (χ2n) is 7.20. The highest BCUT2D eigenvalue weighted by Crippen LogP contribution is 2.17. The summed E-state index contributed by atoms with van der Waals surface area (Å²) in [5.41, 5.74) is 1.76. The fourth-order valence-electron chi connectivity index (χ4n) is 3.72. The molecule has 2 amide bonds. The molecule has 148 valence electrons. The lowest BCUT2D eigenvalue weighted by Crippen LogP contribution is -2.47. The van der Waals surface area contributed by atoms with Gasteiger partial charge in [-0.15, -0.1) is 0 Å². The SMILES string of the molecule is CCOC(=O)N1CCC(NC(=O)Cn2nc3c(cc2=O)CCCCC3)CC1. The summed E-state index contributed by atoms with van der Waals surface area (Å²) in [5, 5.41) is 7.40. The molecule has 2 heterocycles. The third-order valence-electron chi connectivity index (χ3n) is 5.20. The molecule has 1 aliphatic heterocycles. The average molecular weight is 376 g/mol. The van der Waals surface area contributed by atoms with Crippen molar-refractivity contribution in [3.8, 4) is 0 Å². The zero-order chi connectivity index (χ0) is 19.2. The molecule has 0 saturated carbocycles. The predicted molar refractivity (Wildman–Crippen MR) is 99.5 cm³/mol. The van der Waals surface area contributed by atoms with Crippen molar-refractivity contribution >= 4 is 12.0 Å². The molecule has 8 nitrogen and oxygen atoms in total. The molecule has 2 aliphatic rings. The lowest BCUT2D eigenvalue weighted by Gasteiger charge is -2.31. The lowest BCUT2D eigenvalue weighted by molar-refractivity contribution is -0.122. The molecule has 0 atom stereocenters. The summed E-state index contributed by atoms with van der Waals surface area (Å²) in [6.07, 6.45) is 6.12. The number of fused-ring (bicyclic) bond motifs is 1. The molecule has 0 bridgehead atoms. The number of nitrogens with one attached hydrogen (secondary N) is 1. The van der Waals surface area contributed by atoms with Crippen molar-refractivity contribution in [1.82, 2.24) is 20.0 Å². The minimum Gasteiger partial charge on any atom is -0.450 e. The lowest BCUT2D eigenvalue weighted by atomic mass is 10.1. The number of amides is 2. The quantitative estimate of drug-likeness (QED) is 0.798. The van der Waals surface area contributed by atoms with Crippen LogP contribution in [0.5, 0.6) is 0 Å². The van der Waals surface area contributed by atoms with Crippen LogP contribution in [0.2, 0.25) is 0 Å². The summed E-state index contributed by atoms with van der Waals surface area (Å²) >= 11 is 0. The minimum absolute atomic E-state index is 0.000272. The Labute approximate surface area is 158 Å². The van der Waals surface area contributed by atoms with E-state index < -0.39 is 0 Å². The predicted octanol–water partition coefficient (Wildman–Crippen LogP) is 1.25. The number of aromatic nitrogens is 2. The summed E-state index contributed by atoms with van der Waals surface area (Å²) in [7, 11) is 0. The van der Waals surface area contributed by atoms with Crippen LogP contribution < -0.4 is 10.9 Å². The number of ether oxygens (including phenoxy) is 1. The molecule has 1 saturated heterocycles. The van der Waals surface area contributed by atoms with Crippen LogP contribution in [-0.2, 0) is 28.9 Å². The summed E-state index contributed by atoms with van der Waals surface area (Å²) in [4.78, 5) is 38.0. The number of hydrogen-bond donors (Lipinski definition) is 1. The van der Waals surface area contributed by atoms with E-state index in [0.717, 1.165) is 43.4 Å². The Kier molecular flexibility index (Phi) is 6.47. The Morgan fingerprint density at radius 2 is 1.96 bits per heavy atom. The van der Waals surface area contributed by atoms with Gasteiger partial charge in [0.1, 0.15) is 6.54 Å². The van der Waals surface area contributed by atoms with Gasteiger partial charge in [-0.3, -0.25) is 9.59 Å². The van der Waals surface area contributed by atoms with Crippen LogP contribution in [0.25, 0.3) is 0 Å². The Morgan fingerprint density at radius 1 is 1.22 bits per heavy atom. The fraction of sp³-hybridized carbons (Fsp3) is 0.684. The highest BCUT2D eigenvalue weighted by molar-refractivity contribution is 5.76. The van der Waals surface area contributed by atoms with E-state index in [1.54, 1.807) is 17.9 Å². The van der Waals surface area contributed by atoms with Gasteiger partial charge in [0.05, 0.1) is 12.3 Å². The van der Waals surface area contributed by atoms with Gasteiger partial charge in [-0.25, -0.2) is 9.48 Å². The molecular formula is C19H28N4O4. The molecule has 0 unspecified atom stereocenters. The first-order chi connectivity index (χ1) is 13.1. The third kappa shape index (κ3) is 5.08. The number of carbonyl (C=O) groups is 2. The van der Waals surface area contributed by atoms with Crippen LogP contribution in [0, 0.1) is 0 Å². The van der Waals surface area contributed by atoms with E-state index >= 15 is 0 Å².